The van der Waals surface area contributed by atoms with E-state index in [1.54, 1.807) is 0 Å². The quantitative estimate of drug-likeness (QED) is 0.603. The Morgan fingerprint density at radius 3 is 2.44 bits per heavy atom. The first kappa shape index (κ1) is 19.8. The first-order chi connectivity index (χ1) is 12.0. The SMILES string of the molecule is Cc1ccccc1SCC(=O)NNC(=O)CCN1C(C)CCCC1C. The lowest BCUT2D eigenvalue weighted by Crippen LogP contribution is -2.47. The van der Waals surface area contributed by atoms with Crippen LogP contribution in [0.3, 0.4) is 0 Å². The minimum Gasteiger partial charge on any atom is -0.297 e. The van der Waals surface area contributed by atoms with E-state index in [2.05, 4.69) is 29.6 Å². The number of amides is 2. The van der Waals surface area contributed by atoms with Crippen LogP contribution in [0.2, 0.25) is 0 Å². The van der Waals surface area contributed by atoms with Crippen LogP contribution in [0.1, 0.15) is 45.1 Å². The number of hydrazine groups is 1. The van der Waals surface area contributed by atoms with E-state index >= 15 is 0 Å². The molecule has 0 aliphatic carbocycles. The zero-order chi connectivity index (χ0) is 18.2. The predicted molar refractivity (Wildman–Crippen MR) is 102 cm³/mol. The van der Waals surface area contributed by atoms with Gasteiger partial charge in [0.1, 0.15) is 0 Å². The molecular weight excluding hydrogens is 334 g/mol. The van der Waals surface area contributed by atoms with Crippen molar-refractivity contribution >= 4 is 23.6 Å². The molecule has 25 heavy (non-hydrogen) atoms. The van der Waals surface area contributed by atoms with Crippen LogP contribution in [-0.4, -0.2) is 41.1 Å². The second-order valence-corrected chi connectivity index (χ2v) is 7.78. The van der Waals surface area contributed by atoms with Crippen LogP contribution in [0.15, 0.2) is 29.2 Å². The lowest BCUT2D eigenvalue weighted by Gasteiger charge is -2.38. The van der Waals surface area contributed by atoms with Crippen molar-refractivity contribution in [1.29, 1.82) is 0 Å². The molecule has 0 bridgehead atoms. The molecule has 1 fully saturated rings. The van der Waals surface area contributed by atoms with Gasteiger partial charge in [0.15, 0.2) is 0 Å². The van der Waals surface area contributed by atoms with Crippen molar-refractivity contribution in [3.8, 4) is 0 Å². The summed E-state index contributed by atoms with van der Waals surface area (Å²) in [4.78, 5) is 27.3. The summed E-state index contributed by atoms with van der Waals surface area (Å²) >= 11 is 1.47. The molecule has 1 saturated heterocycles. The van der Waals surface area contributed by atoms with Gasteiger partial charge in [0.05, 0.1) is 5.75 Å². The summed E-state index contributed by atoms with van der Waals surface area (Å²) in [5.74, 6) is -0.0498. The number of rotatable bonds is 6. The molecule has 2 unspecified atom stereocenters. The van der Waals surface area contributed by atoms with Crippen molar-refractivity contribution in [3.05, 3.63) is 29.8 Å². The normalized spacial score (nSPS) is 20.9. The van der Waals surface area contributed by atoms with E-state index in [9.17, 15) is 9.59 Å². The molecule has 6 heteroatoms. The summed E-state index contributed by atoms with van der Waals surface area (Å²) in [6, 6.07) is 8.99. The van der Waals surface area contributed by atoms with E-state index in [-0.39, 0.29) is 17.6 Å². The van der Waals surface area contributed by atoms with Gasteiger partial charge in [-0.05, 0) is 45.2 Å². The van der Waals surface area contributed by atoms with Crippen molar-refractivity contribution in [1.82, 2.24) is 15.8 Å². The fourth-order valence-corrected chi connectivity index (χ4v) is 4.08. The van der Waals surface area contributed by atoms with Gasteiger partial charge in [-0.15, -0.1) is 11.8 Å². The molecule has 138 valence electrons. The third-order valence-corrected chi connectivity index (χ3v) is 5.94. The van der Waals surface area contributed by atoms with Crippen LogP contribution in [-0.2, 0) is 9.59 Å². The maximum absolute atomic E-state index is 12.0. The smallest absolute Gasteiger partial charge is 0.248 e. The van der Waals surface area contributed by atoms with Gasteiger partial charge in [-0.1, -0.05) is 24.6 Å². The fraction of sp³-hybridized carbons (Fsp3) is 0.579. The van der Waals surface area contributed by atoms with E-state index in [1.165, 1.54) is 31.0 Å². The molecule has 2 amide bonds. The third kappa shape index (κ3) is 6.36. The van der Waals surface area contributed by atoms with Crippen molar-refractivity contribution < 1.29 is 9.59 Å². The topological polar surface area (TPSA) is 61.4 Å². The highest BCUT2D eigenvalue weighted by Crippen LogP contribution is 2.22. The molecule has 1 aliphatic heterocycles. The lowest BCUT2D eigenvalue weighted by molar-refractivity contribution is -0.128. The Hall–Kier alpha value is -1.53. The first-order valence-electron chi connectivity index (χ1n) is 8.99. The van der Waals surface area contributed by atoms with Crippen molar-refractivity contribution in [2.24, 2.45) is 0 Å². The maximum atomic E-state index is 12.0. The summed E-state index contributed by atoms with van der Waals surface area (Å²) in [5.41, 5.74) is 6.18. The summed E-state index contributed by atoms with van der Waals surface area (Å²) < 4.78 is 0. The Kier molecular flexibility index (Phi) is 7.78. The molecule has 0 aromatic heterocycles. The standard InChI is InChI=1S/C19H29N3O2S/c1-14-7-4-5-10-17(14)25-13-19(24)21-20-18(23)11-12-22-15(2)8-6-9-16(22)3/h4-5,7,10,15-16H,6,8-9,11-13H2,1-3H3,(H,20,23)(H,21,24). The Morgan fingerprint density at radius 1 is 1.12 bits per heavy atom. The average molecular weight is 364 g/mol. The van der Waals surface area contributed by atoms with Crippen LogP contribution in [0.25, 0.3) is 0 Å². The third-order valence-electron chi connectivity index (χ3n) is 4.77. The zero-order valence-corrected chi connectivity index (χ0v) is 16.2. The number of piperidine rings is 1. The Morgan fingerprint density at radius 2 is 1.76 bits per heavy atom. The first-order valence-corrected chi connectivity index (χ1v) is 9.97. The molecule has 1 aromatic carbocycles. The van der Waals surface area contributed by atoms with E-state index in [4.69, 9.17) is 0 Å². The van der Waals surface area contributed by atoms with Gasteiger partial charge in [-0.25, -0.2) is 0 Å². The number of carbonyl (C=O) groups excluding carboxylic acids is 2. The second kappa shape index (κ2) is 9.82. The summed E-state index contributed by atoms with van der Waals surface area (Å²) in [6.07, 6.45) is 4.05. The highest BCUT2D eigenvalue weighted by molar-refractivity contribution is 8.00. The van der Waals surface area contributed by atoms with Crippen molar-refractivity contribution in [2.75, 3.05) is 12.3 Å². The van der Waals surface area contributed by atoms with Gasteiger partial charge in [-0.3, -0.25) is 25.3 Å². The number of aryl methyl sites for hydroxylation is 1. The van der Waals surface area contributed by atoms with Gasteiger partial charge in [0, 0.05) is 29.9 Å². The van der Waals surface area contributed by atoms with Crippen LogP contribution in [0, 0.1) is 6.92 Å². The van der Waals surface area contributed by atoms with Gasteiger partial charge in [-0.2, -0.15) is 0 Å². The number of hydrogen-bond donors (Lipinski definition) is 2. The van der Waals surface area contributed by atoms with E-state index in [0.717, 1.165) is 17.0 Å². The molecule has 2 rings (SSSR count). The molecule has 2 atom stereocenters. The highest BCUT2D eigenvalue weighted by atomic mass is 32.2. The van der Waals surface area contributed by atoms with Crippen molar-refractivity contribution in [3.63, 3.8) is 0 Å². The largest absolute Gasteiger partial charge is 0.297 e. The predicted octanol–water partition coefficient (Wildman–Crippen LogP) is 2.89. The maximum Gasteiger partial charge on any atom is 0.248 e. The summed E-state index contributed by atoms with van der Waals surface area (Å²) in [7, 11) is 0. The number of likely N-dealkylation sites (tertiary alicyclic amines) is 1. The van der Waals surface area contributed by atoms with Gasteiger partial charge in [0.25, 0.3) is 0 Å². The summed E-state index contributed by atoms with van der Waals surface area (Å²) in [6.45, 7) is 7.20. The van der Waals surface area contributed by atoms with Gasteiger partial charge >= 0.3 is 0 Å². The van der Waals surface area contributed by atoms with E-state index in [0.29, 0.717) is 18.5 Å². The lowest BCUT2D eigenvalue weighted by atomic mass is 9.97. The fourth-order valence-electron chi connectivity index (χ4n) is 3.25. The van der Waals surface area contributed by atoms with Crippen molar-refractivity contribution in [2.45, 2.75) is 63.4 Å². The number of hydrogen-bond acceptors (Lipinski definition) is 4. The number of thioether (sulfide) groups is 1. The molecule has 0 saturated carbocycles. The molecule has 2 N–H and O–H groups in total. The molecule has 0 spiro atoms. The molecule has 1 aromatic rings. The van der Waals surface area contributed by atoms with Crippen LogP contribution < -0.4 is 10.9 Å². The van der Waals surface area contributed by atoms with Crippen LogP contribution >= 0.6 is 11.8 Å². The highest BCUT2D eigenvalue weighted by Gasteiger charge is 2.24. The van der Waals surface area contributed by atoms with E-state index in [1.807, 2.05) is 31.2 Å². The number of nitrogens with one attached hydrogen (secondary N) is 2. The molecule has 5 nitrogen and oxygen atoms in total. The second-order valence-electron chi connectivity index (χ2n) is 6.77. The number of nitrogens with zero attached hydrogens (tertiary/aromatic N) is 1. The van der Waals surface area contributed by atoms with Gasteiger partial charge < -0.3 is 0 Å². The van der Waals surface area contributed by atoms with Gasteiger partial charge in [0.2, 0.25) is 11.8 Å². The van der Waals surface area contributed by atoms with E-state index < -0.39 is 0 Å². The Balaban J connectivity index is 1.65. The minimum atomic E-state index is -0.193. The van der Waals surface area contributed by atoms with Crippen LogP contribution in [0.4, 0.5) is 0 Å². The molecule has 1 aliphatic rings. The Labute approximate surface area is 154 Å². The Bertz CT molecular complexity index is 584. The number of carbonyl (C=O) groups is 2. The zero-order valence-electron chi connectivity index (χ0n) is 15.4. The monoisotopic (exact) mass is 363 g/mol. The summed E-state index contributed by atoms with van der Waals surface area (Å²) in [5, 5.41) is 0. The molecular formula is C19H29N3O2S. The molecule has 1 heterocycles. The average Bonchev–Trinajstić information content (AvgIpc) is 2.59. The molecule has 0 radical (unpaired) electrons. The minimum absolute atomic E-state index is 0.140. The number of benzene rings is 1. The van der Waals surface area contributed by atoms with Crippen LogP contribution in [0.5, 0.6) is 0 Å².